The predicted octanol–water partition coefficient (Wildman–Crippen LogP) is 4.63. The van der Waals surface area contributed by atoms with Crippen LogP contribution in [0.15, 0.2) is 48.5 Å². The summed E-state index contributed by atoms with van der Waals surface area (Å²) in [6.45, 7) is 4.42. The molecular formula is C17H19NOS. The fraction of sp³-hybridized carbons (Fsp3) is 0.235. The first kappa shape index (κ1) is 14.5. The third kappa shape index (κ3) is 3.58. The summed E-state index contributed by atoms with van der Waals surface area (Å²) in [5.41, 5.74) is 7.75. The van der Waals surface area contributed by atoms with E-state index >= 15 is 0 Å². The summed E-state index contributed by atoms with van der Waals surface area (Å²) in [5, 5.41) is 0. The smallest absolute Gasteiger partial charge is 0.127 e. The standard InChI is InChI=1S/C17H19NOS/c1-3-12(2)13-4-8-15(9-5-13)19-16-10-6-14(7-11-16)17(18)20/h4-12H,3H2,1-2H3,(H2,18,20). The molecule has 0 aromatic heterocycles. The van der Waals surface area contributed by atoms with Gasteiger partial charge in [-0.3, -0.25) is 0 Å². The van der Waals surface area contributed by atoms with Gasteiger partial charge < -0.3 is 10.5 Å². The maximum Gasteiger partial charge on any atom is 0.127 e. The topological polar surface area (TPSA) is 35.2 Å². The highest BCUT2D eigenvalue weighted by Gasteiger charge is 2.04. The second kappa shape index (κ2) is 6.53. The molecule has 0 amide bonds. The normalized spacial score (nSPS) is 11.9. The lowest BCUT2D eigenvalue weighted by Gasteiger charge is -2.10. The van der Waals surface area contributed by atoms with E-state index in [4.69, 9.17) is 22.7 Å². The molecular weight excluding hydrogens is 266 g/mol. The third-order valence-electron chi connectivity index (χ3n) is 3.44. The van der Waals surface area contributed by atoms with Crippen molar-refractivity contribution in [2.24, 2.45) is 5.73 Å². The quantitative estimate of drug-likeness (QED) is 0.814. The minimum Gasteiger partial charge on any atom is -0.457 e. The summed E-state index contributed by atoms with van der Waals surface area (Å²) in [7, 11) is 0. The van der Waals surface area contributed by atoms with Crippen molar-refractivity contribution in [3.63, 3.8) is 0 Å². The van der Waals surface area contributed by atoms with Crippen LogP contribution in [0.4, 0.5) is 0 Å². The number of nitrogens with two attached hydrogens (primary N) is 1. The number of thiocarbonyl (C=S) groups is 1. The number of benzene rings is 2. The van der Waals surface area contributed by atoms with Gasteiger partial charge in [-0.15, -0.1) is 0 Å². The Morgan fingerprint density at radius 2 is 1.55 bits per heavy atom. The molecule has 0 saturated carbocycles. The first-order chi connectivity index (χ1) is 9.60. The monoisotopic (exact) mass is 285 g/mol. The number of ether oxygens (including phenoxy) is 1. The Morgan fingerprint density at radius 3 is 2.00 bits per heavy atom. The number of rotatable bonds is 5. The summed E-state index contributed by atoms with van der Waals surface area (Å²) in [5.74, 6) is 2.19. The fourth-order valence-electron chi connectivity index (χ4n) is 1.92. The van der Waals surface area contributed by atoms with E-state index in [0.717, 1.165) is 23.5 Å². The molecule has 1 unspecified atom stereocenters. The fourth-order valence-corrected chi connectivity index (χ4v) is 2.06. The third-order valence-corrected chi connectivity index (χ3v) is 3.67. The van der Waals surface area contributed by atoms with E-state index in [-0.39, 0.29) is 0 Å². The van der Waals surface area contributed by atoms with Crippen molar-refractivity contribution in [2.45, 2.75) is 26.2 Å². The lowest BCUT2D eigenvalue weighted by molar-refractivity contribution is 0.482. The van der Waals surface area contributed by atoms with Crippen LogP contribution in [0.2, 0.25) is 0 Å². The highest BCUT2D eigenvalue weighted by atomic mass is 32.1. The van der Waals surface area contributed by atoms with Gasteiger partial charge in [0.25, 0.3) is 0 Å². The maximum atomic E-state index is 5.80. The van der Waals surface area contributed by atoms with Gasteiger partial charge in [0, 0.05) is 5.56 Å². The van der Waals surface area contributed by atoms with Crippen molar-refractivity contribution >= 4 is 17.2 Å². The Kier molecular flexibility index (Phi) is 4.74. The lowest BCUT2D eigenvalue weighted by Crippen LogP contribution is -2.08. The van der Waals surface area contributed by atoms with E-state index in [2.05, 4.69) is 26.0 Å². The van der Waals surface area contributed by atoms with E-state index in [9.17, 15) is 0 Å². The molecule has 0 spiro atoms. The van der Waals surface area contributed by atoms with Crippen molar-refractivity contribution < 1.29 is 4.74 Å². The first-order valence-corrected chi connectivity index (χ1v) is 7.18. The summed E-state index contributed by atoms with van der Waals surface area (Å²) in [6.07, 6.45) is 1.14. The highest BCUT2D eigenvalue weighted by molar-refractivity contribution is 7.80. The van der Waals surface area contributed by atoms with Crippen LogP contribution in [0.1, 0.15) is 37.3 Å². The Hall–Kier alpha value is -1.87. The molecule has 0 radical (unpaired) electrons. The summed E-state index contributed by atoms with van der Waals surface area (Å²) in [6, 6.07) is 15.7. The van der Waals surface area contributed by atoms with Crippen molar-refractivity contribution in [1.82, 2.24) is 0 Å². The first-order valence-electron chi connectivity index (χ1n) is 6.78. The summed E-state index contributed by atoms with van der Waals surface area (Å²) < 4.78 is 5.80. The molecule has 0 aliphatic rings. The summed E-state index contributed by atoms with van der Waals surface area (Å²) in [4.78, 5) is 0.398. The van der Waals surface area contributed by atoms with Crippen LogP contribution in [0, 0.1) is 0 Å². The molecule has 2 rings (SSSR count). The van der Waals surface area contributed by atoms with Crippen LogP contribution < -0.4 is 10.5 Å². The van der Waals surface area contributed by atoms with E-state index in [1.807, 2.05) is 36.4 Å². The van der Waals surface area contributed by atoms with Crippen molar-refractivity contribution in [1.29, 1.82) is 0 Å². The molecule has 0 aliphatic carbocycles. The number of hydrogen-bond acceptors (Lipinski definition) is 2. The molecule has 2 aromatic carbocycles. The molecule has 0 fully saturated rings. The van der Waals surface area contributed by atoms with Crippen molar-refractivity contribution in [3.8, 4) is 11.5 Å². The zero-order valence-electron chi connectivity index (χ0n) is 11.8. The Labute approximate surface area is 125 Å². The van der Waals surface area contributed by atoms with Gasteiger partial charge >= 0.3 is 0 Å². The Bertz CT molecular complexity index is 575. The molecule has 0 saturated heterocycles. The molecule has 3 heteroatoms. The van der Waals surface area contributed by atoms with Gasteiger partial charge in [0.1, 0.15) is 16.5 Å². The zero-order valence-corrected chi connectivity index (χ0v) is 12.6. The zero-order chi connectivity index (χ0) is 14.5. The van der Waals surface area contributed by atoms with Crippen LogP contribution in [-0.4, -0.2) is 4.99 Å². The van der Waals surface area contributed by atoms with E-state index in [1.54, 1.807) is 0 Å². The number of hydrogen-bond donors (Lipinski definition) is 1. The van der Waals surface area contributed by atoms with Crippen molar-refractivity contribution in [2.75, 3.05) is 0 Å². The molecule has 2 nitrogen and oxygen atoms in total. The molecule has 0 aliphatic heterocycles. The van der Waals surface area contributed by atoms with Crippen LogP contribution in [0.5, 0.6) is 11.5 Å². The summed E-state index contributed by atoms with van der Waals surface area (Å²) >= 11 is 4.92. The van der Waals surface area contributed by atoms with Gasteiger partial charge in [-0.05, 0) is 54.3 Å². The van der Waals surface area contributed by atoms with Crippen LogP contribution >= 0.6 is 12.2 Å². The molecule has 0 heterocycles. The Balaban J connectivity index is 2.08. The largest absolute Gasteiger partial charge is 0.457 e. The highest BCUT2D eigenvalue weighted by Crippen LogP contribution is 2.25. The average molecular weight is 285 g/mol. The van der Waals surface area contributed by atoms with Gasteiger partial charge in [0.15, 0.2) is 0 Å². The molecule has 2 aromatic rings. The second-order valence-corrected chi connectivity index (χ2v) is 5.31. The van der Waals surface area contributed by atoms with Gasteiger partial charge in [0.2, 0.25) is 0 Å². The SMILES string of the molecule is CCC(C)c1ccc(Oc2ccc(C(N)=S)cc2)cc1. The lowest BCUT2D eigenvalue weighted by atomic mass is 9.99. The van der Waals surface area contributed by atoms with E-state index in [0.29, 0.717) is 10.9 Å². The predicted molar refractivity (Wildman–Crippen MR) is 87.6 cm³/mol. The van der Waals surface area contributed by atoms with Crippen molar-refractivity contribution in [3.05, 3.63) is 59.7 Å². The Morgan fingerprint density at radius 1 is 1.05 bits per heavy atom. The van der Waals surface area contributed by atoms with Gasteiger partial charge in [-0.25, -0.2) is 0 Å². The molecule has 20 heavy (non-hydrogen) atoms. The minimum absolute atomic E-state index is 0.398. The minimum atomic E-state index is 0.398. The maximum absolute atomic E-state index is 5.80. The molecule has 104 valence electrons. The van der Waals surface area contributed by atoms with Gasteiger partial charge in [-0.2, -0.15) is 0 Å². The molecule has 1 atom stereocenters. The van der Waals surface area contributed by atoms with Crippen LogP contribution in [-0.2, 0) is 0 Å². The van der Waals surface area contributed by atoms with Crippen LogP contribution in [0.25, 0.3) is 0 Å². The van der Waals surface area contributed by atoms with E-state index < -0.39 is 0 Å². The van der Waals surface area contributed by atoms with Gasteiger partial charge in [0.05, 0.1) is 0 Å². The molecule has 0 bridgehead atoms. The van der Waals surface area contributed by atoms with Crippen LogP contribution in [0.3, 0.4) is 0 Å². The molecule has 2 N–H and O–H groups in total. The second-order valence-electron chi connectivity index (χ2n) is 4.87. The van der Waals surface area contributed by atoms with Gasteiger partial charge in [-0.1, -0.05) is 38.2 Å². The van der Waals surface area contributed by atoms with E-state index in [1.165, 1.54) is 5.56 Å². The average Bonchev–Trinajstić information content (AvgIpc) is 2.48.